The van der Waals surface area contributed by atoms with Crippen LogP contribution in [0.25, 0.3) is 0 Å². The van der Waals surface area contributed by atoms with Crippen LogP contribution in [0.15, 0.2) is 36.4 Å². The second kappa shape index (κ2) is 11.5. The molecule has 0 heterocycles. The standard InChI is InChI=1S/C19H23Cl2NO2.ClH/c1-3-9-22-12-14-5-8-18(19(10-14)23-4-2)24-13-15-6-7-16(20)11-17(15)21;/h5-8,10-11,22H,3-4,9,12-13H2,1-2H3;1H. The quantitative estimate of drug-likeness (QED) is 0.528. The third-order valence-electron chi connectivity index (χ3n) is 3.46. The average molecular weight is 405 g/mol. The third kappa shape index (κ3) is 6.95. The van der Waals surface area contributed by atoms with Crippen LogP contribution in [-0.4, -0.2) is 13.2 Å². The van der Waals surface area contributed by atoms with Crippen molar-refractivity contribution in [2.45, 2.75) is 33.4 Å². The van der Waals surface area contributed by atoms with Crippen LogP contribution in [0.5, 0.6) is 11.5 Å². The van der Waals surface area contributed by atoms with E-state index in [1.807, 2.05) is 31.2 Å². The minimum atomic E-state index is 0. The van der Waals surface area contributed by atoms with Crippen molar-refractivity contribution in [2.75, 3.05) is 13.2 Å². The Balaban J connectivity index is 0.00000312. The molecule has 0 saturated heterocycles. The van der Waals surface area contributed by atoms with Crippen molar-refractivity contribution in [3.05, 3.63) is 57.6 Å². The molecule has 138 valence electrons. The van der Waals surface area contributed by atoms with Gasteiger partial charge in [0.05, 0.1) is 6.61 Å². The number of halogens is 3. The number of rotatable bonds is 9. The van der Waals surface area contributed by atoms with Crippen molar-refractivity contribution in [3.63, 3.8) is 0 Å². The molecule has 3 nitrogen and oxygen atoms in total. The normalized spacial score (nSPS) is 10.2. The Morgan fingerprint density at radius 2 is 1.76 bits per heavy atom. The van der Waals surface area contributed by atoms with Gasteiger partial charge < -0.3 is 14.8 Å². The van der Waals surface area contributed by atoms with E-state index in [0.29, 0.717) is 29.0 Å². The topological polar surface area (TPSA) is 30.5 Å². The van der Waals surface area contributed by atoms with Crippen LogP contribution >= 0.6 is 35.6 Å². The van der Waals surface area contributed by atoms with Gasteiger partial charge in [0.1, 0.15) is 6.61 Å². The van der Waals surface area contributed by atoms with Gasteiger partial charge >= 0.3 is 0 Å². The number of benzene rings is 2. The van der Waals surface area contributed by atoms with Gasteiger partial charge in [0, 0.05) is 22.2 Å². The largest absolute Gasteiger partial charge is 0.490 e. The second-order valence-electron chi connectivity index (χ2n) is 5.42. The minimum absolute atomic E-state index is 0. The van der Waals surface area contributed by atoms with Gasteiger partial charge in [0.15, 0.2) is 11.5 Å². The Bertz CT molecular complexity index is 665. The van der Waals surface area contributed by atoms with Crippen LogP contribution in [-0.2, 0) is 13.2 Å². The Hall–Kier alpha value is -1.13. The van der Waals surface area contributed by atoms with Crippen LogP contribution in [0.2, 0.25) is 10.0 Å². The second-order valence-corrected chi connectivity index (χ2v) is 6.26. The highest BCUT2D eigenvalue weighted by Gasteiger charge is 2.09. The molecule has 0 saturated carbocycles. The lowest BCUT2D eigenvalue weighted by molar-refractivity contribution is 0.269. The summed E-state index contributed by atoms with van der Waals surface area (Å²) >= 11 is 12.1. The van der Waals surface area contributed by atoms with Crippen LogP contribution in [0.3, 0.4) is 0 Å². The van der Waals surface area contributed by atoms with Crippen molar-refractivity contribution in [1.29, 1.82) is 0 Å². The maximum atomic E-state index is 6.19. The molecule has 0 aliphatic heterocycles. The molecule has 2 rings (SSSR count). The van der Waals surface area contributed by atoms with Gasteiger partial charge in [0.25, 0.3) is 0 Å². The van der Waals surface area contributed by atoms with E-state index in [2.05, 4.69) is 12.2 Å². The predicted molar refractivity (Wildman–Crippen MR) is 108 cm³/mol. The Kier molecular flexibility index (Phi) is 10.1. The predicted octanol–water partition coefficient (Wildman–Crippen LogP) is 5.89. The summed E-state index contributed by atoms with van der Waals surface area (Å²) in [6.07, 6.45) is 1.11. The molecule has 1 N–H and O–H groups in total. The van der Waals surface area contributed by atoms with Crippen LogP contribution < -0.4 is 14.8 Å². The number of hydrogen-bond donors (Lipinski definition) is 1. The van der Waals surface area contributed by atoms with Gasteiger partial charge in [-0.25, -0.2) is 0 Å². The molecule has 2 aromatic rings. The van der Waals surface area contributed by atoms with Gasteiger partial charge in [0.2, 0.25) is 0 Å². The van der Waals surface area contributed by atoms with Crippen molar-refractivity contribution in [3.8, 4) is 11.5 Å². The molecule has 0 bridgehead atoms. The van der Waals surface area contributed by atoms with E-state index in [4.69, 9.17) is 32.7 Å². The molecule has 0 aliphatic rings. The summed E-state index contributed by atoms with van der Waals surface area (Å²) in [6, 6.07) is 11.4. The van der Waals surface area contributed by atoms with Crippen molar-refractivity contribution >= 4 is 35.6 Å². The highest BCUT2D eigenvalue weighted by Crippen LogP contribution is 2.30. The summed E-state index contributed by atoms with van der Waals surface area (Å²) in [7, 11) is 0. The van der Waals surface area contributed by atoms with Crippen LogP contribution in [0, 0.1) is 0 Å². The first-order valence-corrected chi connectivity index (χ1v) is 8.92. The smallest absolute Gasteiger partial charge is 0.161 e. The molecule has 0 atom stereocenters. The zero-order chi connectivity index (χ0) is 17.4. The SMILES string of the molecule is CCCNCc1ccc(OCc2ccc(Cl)cc2Cl)c(OCC)c1.Cl. The van der Waals surface area contributed by atoms with Crippen molar-refractivity contribution < 1.29 is 9.47 Å². The highest BCUT2D eigenvalue weighted by atomic mass is 35.5. The number of nitrogens with one attached hydrogen (secondary N) is 1. The van der Waals surface area contributed by atoms with E-state index in [-0.39, 0.29) is 12.4 Å². The Morgan fingerprint density at radius 3 is 2.44 bits per heavy atom. The molecule has 25 heavy (non-hydrogen) atoms. The summed E-state index contributed by atoms with van der Waals surface area (Å²) < 4.78 is 11.6. The summed E-state index contributed by atoms with van der Waals surface area (Å²) in [5, 5.41) is 4.60. The first-order valence-electron chi connectivity index (χ1n) is 8.17. The first-order chi connectivity index (χ1) is 11.6. The molecule has 0 unspecified atom stereocenters. The number of hydrogen-bond acceptors (Lipinski definition) is 3. The molecule has 0 spiro atoms. The zero-order valence-electron chi connectivity index (χ0n) is 14.5. The van der Waals surface area contributed by atoms with Crippen molar-refractivity contribution in [2.24, 2.45) is 0 Å². The summed E-state index contributed by atoms with van der Waals surface area (Å²) in [4.78, 5) is 0. The molecule has 0 aliphatic carbocycles. The lowest BCUT2D eigenvalue weighted by Gasteiger charge is -2.14. The third-order valence-corrected chi connectivity index (χ3v) is 4.05. The fraction of sp³-hybridized carbons (Fsp3) is 0.368. The first kappa shape index (κ1) is 21.9. The van der Waals surface area contributed by atoms with E-state index in [1.165, 1.54) is 5.56 Å². The van der Waals surface area contributed by atoms with Gasteiger partial charge in [-0.1, -0.05) is 42.3 Å². The molecular weight excluding hydrogens is 381 g/mol. The molecular formula is C19H24Cl3NO2. The van der Waals surface area contributed by atoms with E-state index in [0.717, 1.165) is 30.8 Å². The Morgan fingerprint density at radius 1 is 0.960 bits per heavy atom. The van der Waals surface area contributed by atoms with E-state index < -0.39 is 0 Å². The van der Waals surface area contributed by atoms with Gasteiger partial charge in [-0.05, 0) is 49.7 Å². The minimum Gasteiger partial charge on any atom is -0.490 e. The molecule has 0 aromatic heterocycles. The summed E-state index contributed by atoms with van der Waals surface area (Å²) in [5.74, 6) is 1.46. The Labute approximate surface area is 166 Å². The maximum Gasteiger partial charge on any atom is 0.161 e. The summed E-state index contributed by atoms with van der Waals surface area (Å²) in [6.45, 7) is 6.88. The van der Waals surface area contributed by atoms with E-state index in [9.17, 15) is 0 Å². The lowest BCUT2D eigenvalue weighted by Crippen LogP contribution is -2.13. The molecule has 6 heteroatoms. The fourth-order valence-electron chi connectivity index (χ4n) is 2.25. The van der Waals surface area contributed by atoms with Crippen LogP contribution in [0.4, 0.5) is 0 Å². The van der Waals surface area contributed by atoms with E-state index in [1.54, 1.807) is 12.1 Å². The summed E-state index contributed by atoms with van der Waals surface area (Å²) in [5.41, 5.74) is 2.06. The van der Waals surface area contributed by atoms with E-state index >= 15 is 0 Å². The fourth-order valence-corrected chi connectivity index (χ4v) is 2.72. The van der Waals surface area contributed by atoms with Crippen LogP contribution in [0.1, 0.15) is 31.4 Å². The zero-order valence-corrected chi connectivity index (χ0v) is 16.8. The molecule has 0 amide bonds. The average Bonchev–Trinajstić information content (AvgIpc) is 2.56. The van der Waals surface area contributed by atoms with Crippen molar-refractivity contribution in [1.82, 2.24) is 5.32 Å². The van der Waals surface area contributed by atoms with Gasteiger partial charge in [-0.15, -0.1) is 12.4 Å². The lowest BCUT2D eigenvalue weighted by atomic mass is 10.2. The van der Waals surface area contributed by atoms with Gasteiger partial charge in [-0.3, -0.25) is 0 Å². The van der Waals surface area contributed by atoms with Gasteiger partial charge in [-0.2, -0.15) is 0 Å². The molecule has 0 radical (unpaired) electrons. The number of ether oxygens (including phenoxy) is 2. The molecule has 0 fully saturated rings. The maximum absolute atomic E-state index is 6.19. The molecule has 2 aromatic carbocycles. The monoisotopic (exact) mass is 403 g/mol. The highest BCUT2D eigenvalue weighted by molar-refractivity contribution is 6.35.